The van der Waals surface area contributed by atoms with Crippen LogP contribution in [0.3, 0.4) is 0 Å². The lowest BCUT2D eigenvalue weighted by Gasteiger charge is -2.20. The van der Waals surface area contributed by atoms with Crippen LogP contribution in [-0.4, -0.2) is 35.7 Å². The summed E-state index contributed by atoms with van der Waals surface area (Å²) in [4.78, 5) is 22.7. The minimum absolute atomic E-state index is 0.0546. The summed E-state index contributed by atoms with van der Waals surface area (Å²) in [5, 5.41) is 11.1. The van der Waals surface area contributed by atoms with Crippen LogP contribution in [0.25, 0.3) is 0 Å². The fourth-order valence-electron chi connectivity index (χ4n) is 1.76. The van der Waals surface area contributed by atoms with Crippen LogP contribution in [-0.2, 0) is 9.53 Å². The van der Waals surface area contributed by atoms with Gasteiger partial charge in [-0.1, -0.05) is 0 Å². The molecule has 0 spiro atoms. The number of rotatable bonds is 3. The molecule has 19 heavy (non-hydrogen) atoms. The monoisotopic (exact) mass is 268 g/mol. The fourth-order valence-corrected chi connectivity index (χ4v) is 1.76. The van der Waals surface area contributed by atoms with E-state index >= 15 is 0 Å². The number of hydrogen-bond donors (Lipinski definition) is 3. The summed E-state index contributed by atoms with van der Waals surface area (Å²) in [7, 11) is 0. The zero-order chi connectivity index (χ0) is 14.0. The molecule has 2 rings (SSSR count). The lowest BCUT2D eigenvalue weighted by molar-refractivity contribution is -0.121. The summed E-state index contributed by atoms with van der Waals surface area (Å²) in [5.74, 6) is -2.52. The normalized spacial score (nSPS) is 22.2. The topological polar surface area (TPSA) is 102 Å². The maximum atomic E-state index is 13.5. The van der Waals surface area contributed by atoms with E-state index in [-0.39, 0.29) is 17.9 Å². The van der Waals surface area contributed by atoms with E-state index in [0.717, 1.165) is 18.2 Å². The SMILES string of the molecule is NC1(C(=O)Nc2cc(C(=O)O)ccc2F)CCOC1. The Balaban J connectivity index is 2.20. The van der Waals surface area contributed by atoms with Gasteiger partial charge < -0.3 is 20.9 Å². The minimum atomic E-state index is -1.21. The Morgan fingerprint density at radius 3 is 2.79 bits per heavy atom. The number of carbonyl (C=O) groups is 2. The summed E-state index contributed by atoms with van der Waals surface area (Å²) in [5.41, 5.74) is 4.29. The van der Waals surface area contributed by atoms with E-state index in [2.05, 4.69) is 5.32 Å². The molecule has 1 aliphatic rings. The number of nitrogens with one attached hydrogen (secondary N) is 1. The number of amides is 1. The van der Waals surface area contributed by atoms with Crippen molar-refractivity contribution in [2.24, 2.45) is 5.73 Å². The summed E-state index contributed by atoms with van der Waals surface area (Å²) in [6.45, 7) is 0.417. The van der Waals surface area contributed by atoms with Crippen molar-refractivity contribution in [3.8, 4) is 0 Å². The molecule has 7 heteroatoms. The van der Waals surface area contributed by atoms with Gasteiger partial charge in [0, 0.05) is 6.61 Å². The number of anilines is 1. The van der Waals surface area contributed by atoms with Crippen LogP contribution in [0.5, 0.6) is 0 Å². The van der Waals surface area contributed by atoms with Gasteiger partial charge in [0.15, 0.2) is 0 Å². The molecule has 1 fully saturated rings. The van der Waals surface area contributed by atoms with Gasteiger partial charge >= 0.3 is 5.97 Å². The molecule has 1 saturated heterocycles. The summed E-state index contributed by atoms with van der Waals surface area (Å²) >= 11 is 0. The molecule has 1 heterocycles. The van der Waals surface area contributed by atoms with Crippen LogP contribution in [0, 0.1) is 5.82 Å². The standard InChI is InChI=1S/C12H13FN2O4/c13-8-2-1-7(10(16)17)5-9(8)15-11(18)12(14)3-4-19-6-12/h1-2,5H,3-4,6,14H2,(H,15,18)(H,16,17). The summed E-state index contributed by atoms with van der Waals surface area (Å²) in [6.07, 6.45) is 0.332. The van der Waals surface area contributed by atoms with Crippen LogP contribution >= 0.6 is 0 Å². The van der Waals surface area contributed by atoms with Gasteiger partial charge in [0.1, 0.15) is 11.4 Å². The predicted octanol–water partition coefficient (Wildman–Crippen LogP) is 0.580. The van der Waals surface area contributed by atoms with E-state index in [1.807, 2.05) is 0 Å². The van der Waals surface area contributed by atoms with Crippen LogP contribution in [0.2, 0.25) is 0 Å². The molecule has 1 atom stereocenters. The van der Waals surface area contributed by atoms with Crippen molar-refractivity contribution >= 4 is 17.6 Å². The van der Waals surface area contributed by atoms with Gasteiger partial charge in [-0.15, -0.1) is 0 Å². The number of benzene rings is 1. The smallest absolute Gasteiger partial charge is 0.335 e. The molecular formula is C12H13FN2O4. The number of halogens is 1. The minimum Gasteiger partial charge on any atom is -0.478 e. The third-order valence-electron chi connectivity index (χ3n) is 2.97. The van der Waals surface area contributed by atoms with E-state index in [4.69, 9.17) is 15.6 Å². The Bertz CT molecular complexity index is 526. The van der Waals surface area contributed by atoms with Gasteiger partial charge in [-0.3, -0.25) is 4.79 Å². The lowest BCUT2D eigenvalue weighted by atomic mass is 9.99. The second-order valence-corrected chi connectivity index (χ2v) is 4.41. The third-order valence-corrected chi connectivity index (χ3v) is 2.97. The largest absolute Gasteiger partial charge is 0.478 e. The molecule has 0 bridgehead atoms. The molecule has 1 aromatic carbocycles. The highest BCUT2D eigenvalue weighted by molar-refractivity contribution is 5.99. The predicted molar refractivity (Wildman–Crippen MR) is 64.3 cm³/mol. The highest BCUT2D eigenvalue weighted by atomic mass is 19.1. The fraction of sp³-hybridized carbons (Fsp3) is 0.333. The third kappa shape index (κ3) is 2.72. The first kappa shape index (κ1) is 13.4. The molecule has 6 nitrogen and oxygen atoms in total. The number of nitrogens with two attached hydrogens (primary N) is 1. The number of ether oxygens (including phenoxy) is 1. The molecule has 0 saturated carbocycles. The van der Waals surface area contributed by atoms with Crippen LogP contribution in [0.15, 0.2) is 18.2 Å². The average molecular weight is 268 g/mol. The number of carboxylic acids is 1. The molecule has 1 amide bonds. The molecule has 0 aromatic heterocycles. The second-order valence-electron chi connectivity index (χ2n) is 4.41. The average Bonchev–Trinajstić information content (AvgIpc) is 2.80. The van der Waals surface area contributed by atoms with E-state index in [1.54, 1.807) is 0 Å². The van der Waals surface area contributed by atoms with Crippen molar-refractivity contribution in [3.05, 3.63) is 29.6 Å². The maximum absolute atomic E-state index is 13.5. The van der Waals surface area contributed by atoms with Gasteiger partial charge in [-0.05, 0) is 24.6 Å². The molecule has 0 radical (unpaired) electrons. The molecule has 102 valence electrons. The molecule has 0 aliphatic carbocycles. The van der Waals surface area contributed by atoms with E-state index in [1.165, 1.54) is 0 Å². The highest BCUT2D eigenvalue weighted by Crippen LogP contribution is 2.21. The number of aromatic carboxylic acids is 1. The van der Waals surface area contributed by atoms with Gasteiger partial charge in [0.2, 0.25) is 5.91 Å². The van der Waals surface area contributed by atoms with E-state index in [0.29, 0.717) is 13.0 Å². The maximum Gasteiger partial charge on any atom is 0.335 e. The molecule has 1 aromatic rings. The lowest BCUT2D eigenvalue weighted by Crippen LogP contribution is -2.51. The van der Waals surface area contributed by atoms with Crippen molar-refractivity contribution in [1.82, 2.24) is 0 Å². The Hall–Kier alpha value is -1.99. The van der Waals surface area contributed by atoms with Gasteiger partial charge in [0.05, 0.1) is 17.9 Å². The Morgan fingerprint density at radius 2 is 2.21 bits per heavy atom. The van der Waals surface area contributed by atoms with Gasteiger partial charge in [-0.25, -0.2) is 9.18 Å². The zero-order valence-electron chi connectivity index (χ0n) is 9.98. The second kappa shape index (κ2) is 4.94. The quantitative estimate of drug-likeness (QED) is 0.744. The first-order valence-electron chi connectivity index (χ1n) is 5.63. The number of hydrogen-bond acceptors (Lipinski definition) is 4. The Labute approximate surface area is 108 Å². The summed E-state index contributed by atoms with van der Waals surface area (Å²) in [6, 6.07) is 3.15. The van der Waals surface area contributed by atoms with Crippen LogP contribution < -0.4 is 11.1 Å². The van der Waals surface area contributed by atoms with Crippen LogP contribution in [0.4, 0.5) is 10.1 Å². The highest BCUT2D eigenvalue weighted by Gasteiger charge is 2.38. The van der Waals surface area contributed by atoms with Crippen molar-refractivity contribution in [3.63, 3.8) is 0 Å². The van der Waals surface area contributed by atoms with Crippen molar-refractivity contribution in [1.29, 1.82) is 0 Å². The van der Waals surface area contributed by atoms with Crippen molar-refractivity contribution in [2.45, 2.75) is 12.0 Å². The number of carboxylic acid groups (broad SMARTS) is 1. The summed E-state index contributed by atoms with van der Waals surface area (Å²) < 4.78 is 18.6. The van der Waals surface area contributed by atoms with Gasteiger partial charge in [-0.2, -0.15) is 0 Å². The Kier molecular flexibility index (Phi) is 3.50. The van der Waals surface area contributed by atoms with E-state index < -0.39 is 23.2 Å². The zero-order valence-corrected chi connectivity index (χ0v) is 9.98. The van der Waals surface area contributed by atoms with Gasteiger partial charge in [0.25, 0.3) is 0 Å². The van der Waals surface area contributed by atoms with Crippen molar-refractivity contribution < 1.29 is 23.8 Å². The Morgan fingerprint density at radius 1 is 1.47 bits per heavy atom. The van der Waals surface area contributed by atoms with Crippen LogP contribution in [0.1, 0.15) is 16.8 Å². The first-order chi connectivity index (χ1) is 8.92. The number of carbonyl (C=O) groups excluding carboxylic acids is 1. The molecule has 1 unspecified atom stereocenters. The molecule has 4 N–H and O–H groups in total. The first-order valence-corrected chi connectivity index (χ1v) is 5.63. The molecular weight excluding hydrogens is 255 g/mol. The van der Waals surface area contributed by atoms with Crippen molar-refractivity contribution in [2.75, 3.05) is 18.5 Å². The molecule has 1 aliphatic heterocycles. The van der Waals surface area contributed by atoms with E-state index in [9.17, 15) is 14.0 Å².